The summed E-state index contributed by atoms with van der Waals surface area (Å²) < 4.78 is 11.3. The molecule has 0 bridgehead atoms. The zero-order valence-electron chi connectivity index (χ0n) is 18.1. The lowest BCUT2D eigenvalue weighted by Crippen LogP contribution is -2.36. The molecule has 4 rings (SSSR count). The first kappa shape index (κ1) is 21.6. The normalized spacial score (nSPS) is 14.0. The van der Waals surface area contributed by atoms with Crippen molar-refractivity contribution < 1.29 is 9.47 Å². The van der Waals surface area contributed by atoms with Gasteiger partial charge >= 0.3 is 6.01 Å². The zero-order valence-corrected chi connectivity index (χ0v) is 18.1. The van der Waals surface area contributed by atoms with E-state index in [2.05, 4.69) is 54.4 Å². The van der Waals surface area contributed by atoms with Crippen molar-refractivity contribution in [1.82, 2.24) is 19.9 Å². The smallest absolute Gasteiger partial charge is 0.320 e. The fraction of sp³-hybridized carbons (Fsp3) is 0.348. The molecule has 0 unspecified atom stereocenters. The maximum absolute atomic E-state index is 5.85. The van der Waals surface area contributed by atoms with E-state index in [0.29, 0.717) is 31.6 Å². The van der Waals surface area contributed by atoms with Crippen molar-refractivity contribution in [3.05, 3.63) is 65.7 Å². The largest absolute Gasteiger partial charge is 0.463 e. The molecule has 9 heteroatoms. The minimum Gasteiger partial charge on any atom is -0.463 e. The summed E-state index contributed by atoms with van der Waals surface area (Å²) in [5.74, 6) is 2.16. The number of hydrogen-bond acceptors (Lipinski definition) is 9. The second-order valence-electron chi connectivity index (χ2n) is 7.39. The molecule has 0 atom stereocenters. The molecule has 0 spiro atoms. The van der Waals surface area contributed by atoms with Crippen LogP contribution in [0, 0.1) is 6.92 Å². The number of nitrogens with one attached hydrogen (secondary N) is 1. The van der Waals surface area contributed by atoms with E-state index in [9.17, 15) is 0 Å². The summed E-state index contributed by atoms with van der Waals surface area (Å²) in [6.45, 7) is 5.41. The summed E-state index contributed by atoms with van der Waals surface area (Å²) in [5, 5.41) is 4.34. The van der Waals surface area contributed by atoms with Crippen LogP contribution in [0.5, 0.6) is 6.01 Å². The minimum absolute atomic E-state index is 0.316. The van der Waals surface area contributed by atoms with Crippen LogP contribution in [0.3, 0.4) is 0 Å². The van der Waals surface area contributed by atoms with Crippen molar-refractivity contribution in [1.29, 1.82) is 0 Å². The monoisotopic (exact) mass is 433 g/mol. The molecule has 1 N–H and O–H groups in total. The highest BCUT2D eigenvalue weighted by Gasteiger charge is 2.15. The standard InChI is InChI=1S/C23H27N7O2/c1-18-5-2-6-19(15-18)17-26-29-21-16-22(30-10-13-31-14-11-30)28-23(27-21)32-12-3-7-20-24-8-4-9-25-20/h2,4-6,8-9,15-17H,3,7,10-14H2,1H3,(H,27,28,29)/b26-17+. The summed E-state index contributed by atoms with van der Waals surface area (Å²) in [6.07, 6.45) is 6.75. The van der Waals surface area contributed by atoms with Crippen molar-refractivity contribution in [2.75, 3.05) is 43.2 Å². The molecule has 0 amide bonds. The van der Waals surface area contributed by atoms with Crippen LogP contribution in [0.25, 0.3) is 0 Å². The Bertz CT molecular complexity index is 1020. The van der Waals surface area contributed by atoms with Gasteiger partial charge < -0.3 is 14.4 Å². The quantitative estimate of drug-likeness (QED) is 0.313. The van der Waals surface area contributed by atoms with Crippen molar-refractivity contribution in [3.8, 4) is 6.01 Å². The van der Waals surface area contributed by atoms with Gasteiger partial charge in [0.25, 0.3) is 0 Å². The Morgan fingerprint density at radius 2 is 1.97 bits per heavy atom. The maximum Gasteiger partial charge on any atom is 0.320 e. The predicted octanol–water partition coefficient (Wildman–Crippen LogP) is 2.87. The van der Waals surface area contributed by atoms with E-state index in [4.69, 9.17) is 9.47 Å². The highest BCUT2D eigenvalue weighted by molar-refractivity contribution is 5.80. The van der Waals surface area contributed by atoms with Crippen molar-refractivity contribution >= 4 is 17.9 Å². The molecule has 0 radical (unpaired) electrons. The number of morpholine rings is 1. The summed E-state index contributed by atoms with van der Waals surface area (Å²) in [6, 6.07) is 12.1. The first-order valence-corrected chi connectivity index (χ1v) is 10.7. The summed E-state index contributed by atoms with van der Waals surface area (Å²) in [7, 11) is 0. The van der Waals surface area contributed by atoms with E-state index in [1.807, 2.05) is 18.2 Å². The molecule has 9 nitrogen and oxygen atoms in total. The van der Waals surface area contributed by atoms with Gasteiger partial charge in [0.05, 0.1) is 26.0 Å². The van der Waals surface area contributed by atoms with Crippen LogP contribution in [-0.4, -0.2) is 59.1 Å². The Balaban J connectivity index is 1.42. The Morgan fingerprint density at radius 1 is 1.12 bits per heavy atom. The van der Waals surface area contributed by atoms with Crippen molar-refractivity contribution in [3.63, 3.8) is 0 Å². The van der Waals surface area contributed by atoms with Gasteiger partial charge in [0, 0.05) is 38.0 Å². The highest BCUT2D eigenvalue weighted by Crippen LogP contribution is 2.21. The van der Waals surface area contributed by atoms with Gasteiger partial charge in [0.2, 0.25) is 0 Å². The molecule has 1 fully saturated rings. The number of ether oxygens (including phenoxy) is 2. The SMILES string of the molecule is Cc1cccc(/C=N/Nc2cc(N3CCOCC3)nc(OCCCc3ncccn3)n2)c1. The van der Waals surface area contributed by atoms with Crippen LogP contribution in [0.4, 0.5) is 11.6 Å². The number of aryl methyl sites for hydroxylation is 2. The Labute approximate surface area is 187 Å². The number of rotatable bonds is 9. The van der Waals surface area contributed by atoms with Gasteiger partial charge in [0.15, 0.2) is 5.82 Å². The predicted molar refractivity (Wildman–Crippen MR) is 123 cm³/mol. The Morgan fingerprint density at radius 3 is 2.78 bits per heavy atom. The van der Waals surface area contributed by atoms with Gasteiger partial charge in [-0.25, -0.2) is 9.97 Å². The lowest BCUT2D eigenvalue weighted by Gasteiger charge is -2.28. The van der Waals surface area contributed by atoms with Gasteiger partial charge in [-0.05, 0) is 25.0 Å². The average molecular weight is 434 g/mol. The summed E-state index contributed by atoms with van der Waals surface area (Å²) in [4.78, 5) is 19.7. The number of hydrogen-bond donors (Lipinski definition) is 1. The van der Waals surface area contributed by atoms with Crippen LogP contribution in [0.15, 0.2) is 53.9 Å². The lowest BCUT2D eigenvalue weighted by molar-refractivity contribution is 0.122. The van der Waals surface area contributed by atoms with E-state index in [1.54, 1.807) is 24.7 Å². The minimum atomic E-state index is 0.316. The van der Waals surface area contributed by atoms with Gasteiger partial charge in [-0.3, -0.25) is 5.43 Å². The van der Waals surface area contributed by atoms with Gasteiger partial charge in [-0.2, -0.15) is 15.1 Å². The third-order valence-corrected chi connectivity index (χ3v) is 4.86. The maximum atomic E-state index is 5.85. The fourth-order valence-electron chi connectivity index (χ4n) is 3.27. The average Bonchev–Trinajstić information content (AvgIpc) is 2.83. The van der Waals surface area contributed by atoms with Gasteiger partial charge in [-0.15, -0.1) is 0 Å². The van der Waals surface area contributed by atoms with Crippen LogP contribution < -0.4 is 15.1 Å². The van der Waals surface area contributed by atoms with Crippen molar-refractivity contribution in [2.24, 2.45) is 5.10 Å². The first-order chi connectivity index (χ1) is 15.8. The van der Waals surface area contributed by atoms with E-state index < -0.39 is 0 Å². The van der Waals surface area contributed by atoms with E-state index in [-0.39, 0.29) is 0 Å². The van der Waals surface area contributed by atoms with Crippen LogP contribution in [0.1, 0.15) is 23.4 Å². The molecule has 0 saturated carbocycles. The Kier molecular flexibility index (Phi) is 7.54. The number of anilines is 2. The third-order valence-electron chi connectivity index (χ3n) is 4.86. The second-order valence-corrected chi connectivity index (χ2v) is 7.39. The molecule has 32 heavy (non-hydrogen) atoms. The van der Waals surface area contributed by atoms with Crippen molar-refractivity contribution in [2.45, 2.75) is 19.8 Å². The number of benzene rings is 1. The van der Waals surface area contributed by atoms with Gasteiger partial charge in [-0.1, -0.05) is 29.8 Å². The molecule has 166 valence electrons. The van der Waals surface area contributed by atoms with E-state index in [1.165, 1.54) is 5.56 Å². The number of hydrazone groups is 1. The van der Waals surface area contributed by atoms with E-state index in [0.717, 1.165) is 43.1 Å². The van der Waals surface area contributed by atoms with Gasteiger partial charge in [0.1, 0.15) is 11.6 Å². The molecule has 2 aromatic heterocycles. The molecule has 3 aromatic rings. The number of aromatic nitrogens is 4. The Hall–Kier alpha value is -3.59. The number of nitrogens with zero attached hydrogens (tertiary/aromatic N) is 6. The topological polar surface area (TPSA) is 97.7 Å². The third kappa shape index (κ3) is 6.45. The molecule has 0 aliphatic carbocycles. The molecule has 1 aliphatic rings. The first-order valence-electron chi connectivity index (χ1n) is 10.7. The lowest BCUT2D eigenvalue weighted by atomic mass is 10.2. The molecule has 1 aromatic carbocycles. The van der Waals surface area contributed by atoms with Crippen LogP contribution in [-0.2, 0) is 11.2 Å². The second kappa shape index (κ2) is 11.1. The van der Waals surface area contributed by atoms with E-state index >= 15 is 0 Å². The highest BCUT2D eigenvalue weighted by atomic mass is 16.5. The summed E-state index contributed by atoms with van der Waals surface area (Å²) >= 11 is 0. The van der Waals surface area contributed by atoms with Crippen LogP contribution in [0.2, 0.25) is 0 Å². The molecular weight excluding hydrogens is 406 g/mol. The molecule has 1 saturated heterocycles. The van der Waals surface area contributed by atoms with Crippen LogP contribution >= 0.6 is 0 Å². The molecule has 1 aliphatic heterocycles. The molecular formula is C23H27N7O2. The fourth-order valence-corrected chi connectivity index (χ4v) is 3.27. The zero-order chi connectivity index (χ0) is 22.0. The summed E-state index contributed by atoms with van der Waals surface area (Å²) in [5.41, 5.74) is 5.21. The molecule has 3 heterocycles.